The number of thiocarbonyl (C=S) groups is 1. The first-order chi connectivity index (χ1) is 13.4. The van der Waals surface area contributed by atoms with Crippen molar-refractivity contribution in [2.45, 2.75) is 0 Å². The van der Waals surface area contributed by atoms with Crippen LogP contribution in [0.2, 0.25) is 0 Å². The van der Waals surface area contributed by atoms with Crippen LogP contribution in [0, 0.1) is 0 Å². The number of methoxy groups -OCH3 is 1. The standard InChI is InChI=1S/C19H18N2O6S/c1-26-18(25)14-8-4-5-9-15(14)21-19(28)27-11-10-20-16(22)12-6-2-3-7-13(12)17(23)24/h2-9H,10-11H2,1H3,(H,20,22)(H,21,28)(H,23,24). The Hall–Kier alpha value is -3.46. The molecule has 9 heteroatoms. The second kappa shape index (κ2) is 10.0. The number of carbonyl (C=O) groups is 3. The molecule has 0 aromatic heterocycles. The van der Waals surface area contributed by atoms with Crippen molar-refractivity contribution in [1.82, 2.24) is 5.32 Å². The van der Waals surface area contributed by atoms with Gasteiger partial charge in [0.25, 0.3) is 11.1 Å². The molecular weight excluding hydrogens is 384 g/mol. The number of carboxylic acid groups (broad SMARTS) is 1. The predicted molar refractivity (Wildman–Crippen MR) is 106 cm³/mol. The summed E-state index contributed by atoms with van der Waals surface area (Å²) < 4.78 is 10.0. The molecule has 0 aliphatic rings. The van der Waals surface area contributed by atoms with E-state index in [-0.39, 0.29) is 29.5 Å². The lowest BCUT2D eigenvalue weighted by atomic mass is 10.1. The molecule has 2 rings (SSSR count). The van der Waals surface area contributed by atoms with Crippen molar-refractivity contribution in [2.24, 2.45) is 0 Å². The molecule has 3 N–H and O–H groups in total. The second-order valence-corrected chi connectivity index (χ2v) is 5.78. The fourth-order valence-electron chi connectivity index (χ4n) is 2.30. The lowest BCUT2D eigenvalue weighted by Gasteiger charge is -2.13. The summed E-state index contributed by atoms with van der Waals surface area (Å²) in [6, 6.07) is 12.5. The van der Waals surface area contributed by atoms with Gasteiger partial charge < -0.3 is 25.2 Å². The Morgan fingerprint density at radius 3 is 2.25 bits per heavy atom. The molecule has 0 atom stereocenters. The first kappa shape index (κ1) is 20.8. The minimum Gasteiger partial charge on any atom is -0.478 e. The highest BCUT2D eigenvalue weighted by Gasteiger charge is 2.15. The van der Waals surface area contributed by atoms with Crippen LogP contribution in [0.1, 0.15) is 31.1 Å². The highest BCUT2D eigenvalue weighted by atomic mass is 32.1. The Kier molecular flexibility index (Phi) is 7.46. The van der Waals surface area contributed by atoms with Gasteiger partial charge in [0.2, 0.25) is 0 Å². The Morgan fingerprint density at radius 2 is 1.61 bits per heavy atom. The number of carboxylic acids is 1. The largest absolute Gasteiger partial charge is 0.478 e. The number of esters is 1. The van der Waals surface area contributed by atoms with Gasteiger partial charge in [-0.2, -0.15) is 0 Å². The molecule has 1 amide bonds. The maximum atomic E-state index is 12.1. The maximum Gasteiger partial charge on any atom is 0.339 e. The predicted octanol–water partition coefficient (Wildman–Crippen LogP) is 2.31. The zero-order valence-corrected chi connectivity index (χ0v) is 15.7. The Labute approximate surface area is 166 Å². The topological polar surface area (TPSA) is 114 Å². The van der Waals surface area contributed by atoms with E-state index in [2.05, 4.69) is 10.6 Å². The molecule has 0 radical (unpaired) electrons. The Bertz CT molecular complexity index is 899. The number of para-hydroxylation sites is 1. The summed E-state index contributed by atoms with van der Waals surface area (Å²) in [5.74, 6) is -2.23. The van der Waals surface area contributed by atoms with Gasteiger partial charge in [-0.05, 0) is 36.5 Å². The van der Waals surface area contributed by atoms with Crippen LogP contribution in [0.3, 0.4) is 0 Å². The van der Waals surface area contributed by atoms with E-state index in [1.807, 2.05) is 0 Å². The van der Waals surface area contributed by atoms with E-state index in [0.29, 0.717) is 11.3 Å². The summed E-state index contributed by atoms with van der Waals surface area (Å²) in [5.41, 5.74) is 0.702. The molecule has 0 fully saturated rings. The smallest absolute Gasteiger partial charge is 0.339 e. The number of nitrogens with one attached hydrogen (secondary N) is 2. The van der Waals surface area contributed by atoms with E-state index < -0.39 is 17.8 Å². The molecule has 2 aromatic carbocycles. The number of anilines is 1. The summed E-state index contributed by atoms with van der Waals surface area (Å²) >= 11 is 5.07. The Balaban J connectivity index is 1.85. The number of carbonyl (C=O) groups excluding carboxylic acids is 2. The van der Waals surface area contributed by atoms with Crippen LogP contribution < -0.4 is 10.6 Å². The minimum absolute atomic E-state index is 0.0107. The number of aromatic carboxylic acids is 1. The summed E-state index contributed by atoms with van der Waals surface area (Å²) in [6.07, 6.45) is 0. The number of amides is 1. The van der Waals surface area contributed by atoms with E-state index in [1.165, 1.54) is 19.2 Å². The highest BCUT2D eigenvalue weighted by molar-refractivity contribution is 7.80. The zero-order chi connectivity index (χ0) is 20.5. The van der Waals surface area contributed by atoms with Crippen LogP contribution in [-0.2, 0) is 9.47 Å². The van der Waals surface area contributed by atoms with Gasteiger partial charge in [0.15, 0.2) is 0 Å². The lowest BCUT2D eigenvalue weighted by Crippen LogP contribution is -2.30. The number of hydrogen-bond acceptors (Lipinski definition) is 6. The first-order valence-corrected chi connectivity index (χ1v) is 8.56. The number of ether oxygens (including phenoxy) is 2. The van der Waals surface area contributed by atoms with Crippen molar-refractivity contribution in [2.75, 3.05) is 25.6 Å². The van der Waals surface area contributed by atoms with E-state index in [0.717, 1.165) is 0 Å². The first-order valence-electron chi connectivity index (χ1n) is 8.15. The van der Waals surface area contributed by atoms with Crippen molar-refractivity contribution >= 4 is 40.9 Å². The molecule has 28 heavy (non-hydrogen) atoms. The molecule has 0 unspecified atom stereocenters. The molecule has 2 aromatic rings. The summed E-state index contributed by atoms with van der Waals surface area (Å²) in [7, 11) is 1.28. The SMILES string of the molecule is COC(=O)c1ccccc1NC(=S)OCCNC(=O)c1ccccc1C(=O)O. The molecule has 0 bridgehead atoms. The molecule has 0 heterocycles. The molecule has 0 saturated heterocycles. The van der Waals surface area contributed by atoms with Crippen molar-refractivity contribution in [3.63, 3.8) is 0 Å². The third kappa shape index (κ3) is 5.52. The van der Waals surface area contributed by atoms with Crippen LogP contribution in [0.25, 0.3) is 0 Å². The third-order valence-corrected chi connectivity index (χ3v) is 3.81. The fourth-order valence-corrected chi connectivity index (χ4v) is 2.49. The summed E-state index contributed by atoms with van der Waals surface area (Å²) in [4.78, 5) is 35.0. The fraction of sp³-hybridized carbons (Fsp3) is 0.158. The average Bonchev–Trinajstić information content (AvgIpc) is 2.70. The monoisotopic (exact) mass is 402 g/mol. The molecular formula is C19H18N2O6S. The van der Waals surface area contributed by atoms with Crippen LogP contribution in [0.5, 0.6) is 0 Å². The number of rotatable bonds is 7. The van der Waals surface area contributed by atoms with E-state index in [9.17, 15) is 14.4 Å². The molecule has 0 aliphatic carbocycles. The lowest BCUT2D eigenvalue weighted by molar-refractivity contribution is 0.0601. The van der Waals surface area contributed by atoms with Crippen molar-refractivity contribution in [3.05, 3.63) is 65.2 Å². The zero-order valence-electron chi connectivity index (χ0n) is 14.9. The maximum absolute atomic E-state index is 12.1. The van der Waals surface area contributed by atoms with Crippen LogP contribution >= 0.6 is 12.2 Å². The van der Waals surface area contributed by atoms with Gasteiger partial charge in [0, 0.05) is 0 Å². The van der Waals surface area contributed by atoms with Crippen molar-refractivity contribution in [1.29, 1.82) is 0 Å². The molecule has 8 nitrogen and oxygen atoms in total. The van der Waals surface area contributed by atoms with Gasteiger partial charge in [-0.1, -0.05) is 24.3 Å². The molecule has 0 spiro atoms. The summed E-state index contributed by atoms with van der Waals surface area (Å²) in [6.45, 7) is 0.153. The molecule has 0 saturated carbocycles. The Morgan fingerprint density at radius 1 is 1.00 bits per heavy atom. The van der Waals surface area contributed by atoms with Gasteiger partial charge in [0.1, 0.15) is 6.61 Å². The highest BCUT2D eigenvalue weighted by Crippen LogP contribution is 2.16. The number of hydrogen-bond donors (Lipinski definition) is 3. The average molecular weight is 402 g/mol. The van der Waals surface area contributed by atoms with Crippen LogP contribution in [-0.4, -0.2) is 48.4 Å². The van der Waals surface area contributed by atoms with Crippen molar-refractivity contribution < 1.29 is 29.0 Å². The van der Waals surface area contributed by atoms with Gasteiger partial charge in [-0.15, -0.1) is 0 Å². The third-order valence-electron chi connectivity index (χ3n) is 3.59. The van der Waals surface area contributed by atoms with Crippen LogP contribution in [0.4, 0.5) is 5.69 Å². The van der Waals surface area contributed by atoms with Crippen LogP contribution in [0.15, 0.2) is 48.5 Å². The normalized spacial score (nSPS) is 9.89. The molecule has 0 aliphatic heterocycles. The van der Waals surface area contributed by atoms with Gasteiger partial charge in [0.05, 0.1) is 36.0 Å². The van der Waals surface area contributed by atoms with E-state index in [4.69, 9.17) is 26.8 Å². The van der Waals surface area contributed by atoms with Gasteiger partial charge in [-0.25, -0.2) is 9.59 Å². The van der Waals surface area contributed by atoms with Crippen molar-refractivity contribution in [3.8, 4) is 0 Å². The number of benzene rings is 2. The second-order valence-electron chi connectivity index (χ2n) is 5.40. The van der Waals surface area contributed by atoms with Gasteiger partial charge >= 0.3 is 11.9 Å². The summed E-state index contributed by atoms with van der Waals surface area (Å²) in [5, 5.41) is 14.5. The quantitative estimate of drug-likeness (QED) is 0.367. The van der Waals surface area contributed by atoms with E-state index >= 15 is 0 Å². The van der Waals surface area contributed by atoms with Gasteiger partial charge in [-0.3, -0.25) is 4.79 Å². The van der Waals surface area contributed by atoms with E-state index in [1.54, 1.807) is 36.4 Å². The molecule has 146 valence electrons. The minimum atomic E-state index is -1.18.